The molecule has 0 fully saturated rings. The second-order valence-corrected chi connectivity index (χ2v) is 5.27. The molecule has 2 rings (SSSR count). The second kappa shape index (κ2) is 6.08. The molecule has 0 aliphatic heterocycles. The second-order valence-electron chi connectivity index (χ2n) is 4.05. The van der Waals surface area contributed by atoms with Gasteiger partial charge in [-0.2, -0.15) is 11.3 Å². The van der Waals surface area contributed by atoms with Gasteiger partial charge >= 0.3 is 0 Å². The molecule has 0 radical (unpaired) electrons. The van der Waals surface area contributed by atoms with Gasteiger partial charge in [0.25, 0.3) is 0 Å². The normalized spacial score (nSPS) is 12.4. The minimum Gasteiger partial charge on any atom is -0.378 e. The van der Waals surface area contributed by atoms with Crippen molar-refractivity contribution < 1.29 is 0 Å². The molecule has 0 saturated carbocycles. The number of anilines is 1. The summed E-state index contributed by atoms with van der Waals surface area (Å²) < 4.78 is 0. The number of rotatable bonds is 5. The topological polar surface area (TPSA) is 12.0 Å². The number of hydrogen-bond donors (Lipinski definition) is 1. The maximum Gasteiger partial charge on any atom is 0.0514 e. The Labute approximate surface area is 111 Å². The summed E-state index contributed by atoms with van der Waals surface area (Å²) in [4.78, 5) is 0. The van der Waals surface area contributed by atoms with E-state index in [1.165, 1.54) is 11.3 Å². The van der Waals surface area contributed by atoms with Crippen LogP contribution in [0.1, 0.15) is 31.4 Å². The van der Waals surface area contributed by atoms with Gasteiger partial charge in [0.1, 0.15) is 0 Å². The summed E-state index contributed by atoms with van der Waals surface area (Å²) in [5, 5.41) is 8.58. The van der Waals surface area contributed by atoms with Crippen molar-refractivity contribution in [3.05, 3.63) is 51.7 Å². The summed E-state index contributed by atoms with van der Waals surface area (Å²) in [5.41, 5.74) is 2.49. The van der Waals surface area contributed by atoms with E-state index in [9.17, 15) is 0 Å². The fourth-order valence-corrected chi connectivity index (χ4v) is 2.58. The molecule has 1 heterocycles. The van der Waals surface area contributed by atoms with Gasteiger partial charge in [0.15, 0.2) is 0 Å². The highest BCUT2D eigenvalue weighted by Crippen LogP contribution is 2.26. The van der Waals surface area contributed by atoms with Gasteiger partial charge in [0, 0.05) is 16.1 Å². The van der Waals surface area contributed by atoms with E-state index in [-0.39, 0.29) is 0 Å². The van der Waals surface area contributed by atoms with Crippen molar-refractivity contribution in [1.82, 2.24) is 0 Å². The lowest BCUT2D eigenvalue weighted by Gasteiger charge is -2.19. The molecule has 0 bridgehead atoms. The van der Waals surface area contributed by atoms with Crippen LogP contribution in [0.3, 0.4) is 0 Å². The van der Waals surface area contributed by atoms with E-state index in [1.807, 2.05) is 12.1 Å². The molecular formula is C14H16ClNS. The van der Waals surface area contributed by atoms with Crippen molar-refractivity contribution in [3.63, 3.8) is 0 Å². The van der Waals surface area contributed by atoms with Crippen LogP contribution in [0.25, 0.3) is 0 Å². The van der Waals surface area contributed by atoms with E-state index in [0.717, 1.165) is 17.9 Å². The summed E-state index contributed by atoms with van der Waals surface area (Å²) in [6, 6.07) is 10.6. The molecule has 0 aliphatic rings. The van der Waals surface area contributed by atoms with Crippen molar-refractivity contribution in [2.45, 2.75) is 25.8 Å². The Balaban J connectivity index is 2.13. The number of thiophene rings is 1. The monoisotopic (exact) mass is 265 g/mol. The van der Waals surface area contributed by atoms with Crippen LogP contribution in [-0.4, -0.2) is 0 Å². The van der Waals surface area contributed by atoms with Crippen LogP contribution in [0.2, 0.25) is 5.02 Å². The minimum absolute atomic E-state index is 0.367. The van der Waals surface area contributed by atoms with Gasteiger partial charge in [0.2, 0.25) is 0 Å². The van der Waals surface area contributed by atoms with E-state index in [0.29, 0.717) is 6.04 Å². The lowest BCUT2D eigenvalue weighted by atomic mass is 10.0. The zero-order valence-electron chi connectivity index (χ0n) is 9.82. The molecule has 1 nitrogen and oxygen atoms in total. The molecule has 1 aromatic heterocycles. The fraction of sp³-hybridized carbons (Fsp3) is 0.286. The minimum atomic E-state index is 0.367. The maximum absolute atomic E-state index is 5.92. The quantitative estimate of drug-likeness (QED) is 0.768. The van der Waals surface area contributed by atoms with E-state index in [4.69, 9.17) is 11.6 Å². The molecule has 2 aromatic rings. The van der Waals surface area contributed by atoms with Crippen LogP contribution < -0.4 is 5.32 Å². The van der Waals surface area contributed by atoms with Crippen LogP contribution in [-0.2, 0) is 0 Å². The van der Waals surface area contributed by atoms with Gasteiger partial charge in [-0.05, 0) is 35.6 Å². The van der Waals surface area contributed by atoms with E-state index in [2.05, 4.69) is 41.2 Å². The molecule has 1 atom stereocenters. The first-order chi connectivity index (χ1) is 8.29. The molecule has 0 amide bonds. The van der Waals surface area contributed by atoms with Crippen molar-refractivity contribution >= 4 is 28.6 Å². The van der Waals surface area contributed by atoms with Crippen LogP contribution in [0.5, 0.6) is 0 Å². The summed E-state index contributed by atoms with van der Waals surface area (Å²) >= 11 is 7.63. The van der Waals surface area contributed by atoms with Gasteiger partial charge in [0.05, 0.1) is 6.04 Å². The van der Waals surface area contributed by atoms with E-state index < -0.39 is 0 Å². The molecule has 1 unspecified atom stereocenters. The third-order valence-electron chi connectivity index (χ3n) is 2.71. The van der Waals surface area contributed by atoms with Gasteiger partial charge in [-0.3, -0.25) is 0 Å². The van der Waals surface area contributed by atoms with Crippen molar-refractivity contribution in [2.75, 3.05) is 5.32 Å². The Bertz CT molecular complexity index is 436. The first-order valence-electron chi connectivity index (χ1n) is 5.84. The van der Waals surface area contributed by atoms with Crippen molar-refractivity contribution in [2.24, 2.45) is 0 Å². The van der Waals surface area contributed by atoms with Gasteiger partial charge in [-0.25, -0.2) is 0 Å². The lowest BCUT2D eigenvalue weighted by Crippen LogP contribution is -2.09. The third-order valence-corrected chi connectivity index (χ3v) is 3.65. The van der Waals surface area contributed by atoms with E-state index >= 15 is 0 Å². The molecule has 1 N–H and O–H groups in total. The number of hydrogen-bond acceptors (Lipinski definition) is 2. The zero-order valence-corrected chi connectivity index (χ0v) is 11.4. The SMILES string of the molecule is CCCC(Nc1ccsc1)c1ccc(Cl)cc1. The van der Waals surface area contributed by atoms with Gasteiger partial charge in [-0.1, -0.05) is 37.1 Å². The predicted octanol–water partition coefficient (Wildman–Crippen LogP) is 5.35. The predicted molar refractivity (Wildman–Crippen MR) is 77.0 cm³/mol. The highest BCUT2D eigenvalue weighted by Gasteiger charge is 2.10. The molecular weight excluding hydrogens is 250 g/mol. The highest BCUT2D eigenvalue weighted by atomic mass is 35.5. The first-order valence-corrected chi connectivity index (χ1v) is 7.16. The van der Waals surface area contributed by atoms with Crippen LogP contribution in [0.4, 0.5) is 5.69 Å². The average Bonchev–Trinajstić information content (AvgIpc) is 2.82. The molecule has 0 aliphatic carbocycles. The Morgan fingerprint density at radius 1 is 1.24 bits per heavy atom. The smallest absolute Gasteiger partial charge is 0.0514 e. The molecule has 0 saturated heterocycles. The molecule has 90 valence electrons. The molecule has 17 heavy (non-hydrogen) atoms. The summed E-state index contributed by atoms with van der Waals surface area (Å²) in [7, 11) is 0. The molecule has 3 heteroatoms. The summed E-state index contributed by atoms with van der Waals surface area (Å²) in [6.45, 7) is 2.21. The number of benzene rings is 1. The molecule has 1 aromatic carbocycles. The number of nitrogens with one attached hydrogen (secondary N) is 1. The van der Waals surface area contributed by atoms with Gasteiger partial charge < -0.3 is 5.32 Å². The number of halogens is 1. The van der Waals surface area contributed by atoms with Gasteiger partial charge in [-0.15, -0.1) is 0 Å². The standard InChI is InChI=1S/C14H16ClNS/c1-2-3-14(16-13-8-9-17-10-13)11-4-6-12(15)7-5-11/h4-10,14,16H,2-3H2,1H3. The van der Waals surface area contributed by atoms with Crippen LogP contribution >= 0.6 is 22.9 Å². The largest absolute Gasteiger partial charge is 0.378 e. The van der Waals surface area contributed by atoms with E-state index in [1.54, 1.807) is 11.3 Å². The van der Waals surface area contributed by atoms with Crippen molar-refractivity contribution in [3.8, 4) is 0 Å². The maximum atomic E-state index is 5.92. The van der Waals surface area contributed by atoms with Crippen LogP contribution in [0.15, 0.2) is 41.1 Å². The average molecular weight is 266 g/mol. The van der Waals surface area contributed by atoms with Crippen LogP contribution in [0, 0.1) is 0 Å². The summed E-state index contributed by atoms with van der Waals surface area (Å²) in [5.74, 6) is 0. The summed E-state index contributed by atoms with van der Waals surface area (Å²) in [6.07, 6.45) is 2.28. The first kappa shape index (κ1) is 12.5. The molecule has 0 spiro atoms. The lowest BCUT2D eigenvalue weighted by molar-refractivity contribution is 0.678. The Hall–Kier alpha value is -0.990. The Morgan fingerprint density at radius 3 is 2.59 bits per heavy atom. The van der Waals surface area contributed by atoms with Crippen molar-refractivity contribution in [1.29, 1.82) is 0 Å². The Kier molecular flexibility index (Phi) is 4.46. The Morgan fingerprint density at radius 2 is 2.00 bits per heavy atom. The third kappa shape index (κ3) is 3.48. The zero-order chi connectivity index (χ0) is 12.1. The highest BCUT2D eigenvalue weighted by molar-refractivity contribution is 7.08. The fourth-order valence-electron chi connectivity index (χ4n) is 1.85.